The van der Waals surface area contributed by atoms with Gasteiger partial charge in [-0.3, -0.25) is 4.79 Å². The van der Waals surface area contributed by atoms with Crippen molar-refractivity contribution in [2.45, 2.75) is 18.2 Å². The van der Waals surface area contributed by atoms with Crippen molar-refractivity contribution >= 4 is 15.9 Å². The Bertz CT molecular complexity index is 615. The first kappa shape index (κ1) is 14.0. The van der Waals surface area contributed by atoms with E-state index in [1.807, 2.05) is 0 Å². The summed E-state index contributed by atoms with van der Waals surface area (Å²) >= 11 is 0. The minimum Gasteiger partial charge on any atom is -0.352 e. The Kier molecular flexibility index (Phi) is 3.60. The van der Waals surface area contributed by atoms with E-state index >= 15 is 0 Å². The minimum absolute atomic E-state index is 0.279. The molecule has 2 rings (SSSR count). The average Bonchev–Trinajstić information content (AvgIpc) is 3.01. The Balaban J connectivity index is 2.16. The largest absolute Gasteiger partial charge is 0.352 e. The molecule has 0 aromatic heterocycles. The summed E-state index contributed by atoms with van der Waals surface area (Å²) in [7, 11) is -3.95. The number of primary sulfonamides is 1. The van der Waals surface area contributed by atoms with Gasteiger partial charge in [0.2, 0.25) is 10.0 Å². The SMILES string of the molecule is CC1CC1CNC(=O)c1cc(S(N)(=O)=O)ccc1F. The molecule has 104 valence electrons. The summed E-state index contributed by atoms with van der Waals surface area (Å²) in [5, 5.41) is 7.54. The van der Waals surface area contributed by atoms with Crippen molar-refractivity contribution in [1.29, 1.82) is 0 Å². The number of nitrogens with one attached hydrogen (secondary N) is 1. The molecule has 7 heteroatoms. The molecule has 1 aromatic carbocycles. The Morgan fingerprint density at radius 1 is 1.53 bits per heavy atom. The number of carbonyl (C=O) groups excluding carboxylic acids is 1. The number of benzene rings is 1. The van der Waals surface area contributed by atoms with Crippen LogP contribution in [-0.2, 0) is 10.0 Å². The molecule has 2 unspecified atom stereocenters. The first-order valence-electron chi connectivity index (χ1n) is 5.89. The van der Waals surface area contributed by atoms with Crippen molar-refractivity contribution in [3.8, 4) is 0 Å². The zero-order chi connectivity index (χ0) is 14.2. The highest BCUT2D eigenvalue weighted by atomic mass is 32.2. The molecule has 1 saturated carbocycles. The van der Waals surface area contributed by atoms with Crippen LogP contribution in [0.3, 0.4) is 0 Å². The van der Waals surface area contributed by atoms with E-state index in [2.05, 4.69) is 12.2 Å². The molecule has 0 heterocycles. The number of sulfonamides is 1. The average molecular weight is 286 g/mol. The van der Waals surface area contributed by atoms with Crippen molar-refractivity contribution in [1.82, 2.24) is 5.32 Å². The number of nitrogens with two attached hydrogens (primary N) is 1. The van der Waals surface area contributed by atoms with Gasteiger partial charge in [0.05, 0.1) is 10.5 Å². The molecule has 1 aromatic rings. The van der Waals surface area contributed by atoms with E-state index in [0.717, 1.165) is 24.6 Å². The molecule has 1 amide bonds. The van der Waals surface area contributed by atoms with Gasteiger partial charge in [-0.1, -0.05) is 6.92 Å². The smallest absolute Gasteiger partial charge is 0.254 e. The van der Waals surface area contributed by atoms with Gasteiger partial charge >= 0.3 is 0 Å². The molecule has 2 atom stereocenters. The predicted octanol–water partition coefficient (Wildman–Crippen LogP) is 0.859. The Labute approximate surface area is 111 Å². The van der Waals surface area contributed by atoms with Gasteiger partial charge in [0.15, 0.2) is 0 Å². The second kappa shape index (κ2) is 4.90. The molecule has 0 aliphatic heterocycles. The summed E-state index contributed by atoms with van der Waals surface area (Å²) in [6, 6.07) is 2.91. The van der Waals surface area contributed by atoms with Gasteiger partial charge in [0.1, 0.15) is 5.82 Å². The second-order valence-corrected chi connectivity index (χ2v) is 6.43. The zero-order valence-electron chi connectivity index (χ0n) is 10.4. The summed E-state index contributed by atoms with van der Waals surface area (Å²) in [5.41, 5.74) is -0.306. The van der Waals surface area contributed by atoms with Gasteiger partial charge in [-0.05, 0) is 36.5 Å². The van der Waals surface area contributed by atoms with Crippen molar-refractivity contribution < 1.29 is 17.6 Å². The topological polar surface area (TPSA) is 89.3 Å². The third-order valence-electron chi connectivity index (χ3n) is 3.31. The van der Waals surface area contributed by atoms with E-state index < -0.39 is 21.7 Å². The first-order valence-corrected chi connectivity index (χ1v) is 7.44. The lowest BCUT2D eigenvalue weighted by atomic mass is 10.2. The van der Waals surface area contributed by atoms with Gasteiger partial charge in [-0.15, -0.1) is 0 Å². The quantitative estimate of drug-likeness (QED) is 0.860. The normalized spacial score (nSPS) is 22.1. The maximum atomic E-state index is 13.5. The van der Waals surface area contributed by atoms with E-state index in [1.165, 1.54) is 0 Å². The summed E-state index contributed by atoms with van der Waals surface area (Å²) in [6.07, 6.45) is 1.04. The second-order valence-electron chi connectivity index (χ2n) is 4.87. The van der Waals surface area contributed by atoms with Crippen LogP contribution in [0.1, 0.15) is 23.7 Å². The Morgan fingerprint density at radius 2 is 2.16 bits per heavy atom. The Hall–Kier alpha value is -1.47. The van der Waals surface area contributed by atoms with E-state index in [4.69, 9.17) is 5.14 Å². The fourth-order valence-electron chi connectivity index (χ4n) is 1.86. The zero-order valence-corrected chi connectivity index (χ0v) is 11.2. The lowest BCUT2D eigenvalue weighted by molar-refractivity contribution is 0.0947. The number of amides is 1. The van der Waals surface area contributed by atoms with Crippen LogP contribution in [-0.4, -0.2) is 20.9 Å². The number of rotatable bonds is 4. The van der Waals surface area contributed by atoms with E-state index in [-0.39, 0.29) is 10.5 Å². The molecule has 0 saturated heterocycles. The van der Waals surface area contributed by atoms with Crippen molar-refractivity contribution in [3.05, 3.63) is 29.6 Å². The van der Waals surface area contributed by atoms with Gasteiger partial charge in [-0.2, -0.15) is 0 Å². The fraction of sp³-hybridized carbons (Fsp3) is 0.417. The highest BCUT2D eigenvalue weighted by molar-refractivity contribution is 7.89. The number of hydrogen-bond acceptors (Lipinski definition) is 3. The van der Waals surface area contributed by atoms with Crippen molar-refractivity contribution in [2.75, 3.05) is 6.54 Å². The number of carbonyl (C=O) groups is 1. The fourth-order valence-corrected chi connectivity index (χ4v) is 2.40. The van der Waals surface area contributed by atoms with Crippen LogP contribution in [0.5, 0.6) is 0 Å². The third kappa shape index (κ3) is 3.30. The molecule has 3 N–H and O–H groups in total. The molecule has 5 nitrogen and oxygen atoms in total. The van der Waals surface area contributed by atoms with Crippen LogP contribution < -0.4 is 10.5 Å². The standard InChI is InChI=1S/C12H15FN2O3S/c1-7-4-8(7)6-15-12(16)10-5-9(19(14,17)18)2-3-11(10)13/h2-3,5,7-8H,4,6H2,1H3,(H,15,16)(H2,14,17,18). The third-order valence-corrected chi connectivity index (χ3v) is 4.22. The van der Waals surface area contributed by atoms with Gasteiger partial charge in [0, 0.05) is 6.54 Å². The summed E-state index contributed by atoms with van der Waals surface area (Å²) in [5.74, 6) is -0.398. The minimum atomic E-state index is -3.95. The van der Waals surface area contributed by atoms with Gasteiger partial charge < -0.3 is 5.32 Å². The van der Waals surface area contributed by atoms with Crippen LogP contribution >= 0.6 is 0 Å². The first-order chi connectivity index (χ1) is 8.79. The van der Waals surface area contributed by atoms with E-state index in [0.29, 0.717) is 18.4 Å². The summed E-state index contributed by atoms with van der Waals surface area (Å²) < 4.78 is 35.9. The van der Waals surface area contributed by atoms with Crippen LogP contribution in [0.2, 0.25) is 0 Å². The number of hydrogen-bond donors (Lipinski definition) is 2. The molecule has 0 radical (unpaired) electrons. The van der Waals surface area contributed by atoms with E-state index in [9.17, 15) is 17.6 Å². The molecule has 19 heavy (non-hydrogen) atoms. The highest BCUT2D eigenvalue weighted by Crippen LogP contribution is 2.36. The molecule has 1 aliphatic carbocycles. The predicted molar refractivity (Wildman–Crippen MR) is 67.4 cm³/mol. The summed E-state index contributed by atoms with van der Waals surface area (Å²) in [4.78, 5) is 11.5. The lowest BCUT2D eigenvalue weighted by Crippen LogP contribution is -2.27. The van der Waals surface area contributed by atoms with Crippen LogP contribution in [0.15, 0.2) is 23.1 Å². The van der Waals surface area contributed by atoms with Crippen LogP contribution in [0, 0.1) is 17.7 Å². The summed E-state index contributed by atoms with van der Waals surface area (Å²) in [6.45, 7) is 2.54. The maximum Gasteiger partial charge on any atom is 0.254 e. The highest BCUT2D eigenvalue weighted by Gasteiger charge is 2.32. The monoisotopic (exact) mass is 286 g/mol. The van der Waals surface area contributed by atoms with Crippen molar-refractivity contribution in [3.63, 3.8) is 0 Å². The molecular weight excluding hydrogens is 271 g/mol. The van der Waals surface area contributed by atoms with Crippen LogP contribution in [0.25, 0.3) is 0 Å². The molecule has 1 aliphatic rings. The van der Waals surface area contributed by atoms with Gasteiger partial charge in [0.25, 0.3) is 5.91 Å². The molecular formula is C12H15FN2O3S. The Morgan fingerprint density at radius 3 is 2.68 bits per heavy atom. The lowest BCUT2D eigenvalue weighted by Gasteiger charge is -2.07. The van der Waals surface area contributed by atoms with E-state index in [1.54, 1.807) is 0 Å². The molecule has 1 fully saturated rings. The molecule has 0 bridgehead atoms. The van der Waals surface area contributed by atoms with Crippen molar-refractivity contribution in [2.24, 2.45) is 17.0 Å². The number of halogens is 1. The maximum absolute atomic E-state index is 13.5. The van der Waals surface area contributed by atoms with Gasteiger partial charge in [-0.25, -0.2) is 17.9 Å². The molecule has 0 spiro atoms. The van der Waals surface area contributed by atoms with Crippen LogP contribution in [0.4, 0.5) is 4.39 Å².